The summed E-state index contributed by atoms with van der Waals surface area (Å²) < 4.78 is 24.5. The molecule has 16 nitrogen and oxygen atoms in total. The molecule has 16 heteroatoms. The van der Waals surface area contributed by atoms with Gasteiger partial charge in [-0.05, 0) is 25.8 Å². The molecule has 0 aromatic heterocycles. The number of phenols is 2. The van der Waals surface area contributed by atoms with Crippen molar-refractivity contribution in [3.8, 4) is 28.7 Å². The van der Waals surface area contributed by atoms with E-state index in [-0.39, 0.29) is 67.2 Å². The highest BCUT2D eigenvalue weighted by Gasteiger charge is 2.50. The van der Waals surface area contributed by atoms with Crippen molar-refractivity contribution in [1.82, 2.24) is 9.88 Å². The minimum atomic E-state index is -2.05. The van der Waals surface area contributed by atoms with Gasteiger partial charge in [0.1, 0.15) is 34.1 Å². The number of benzene rings is 3. The number of hydrogen-bond acceptors (Lipinski definition) is 15. The number of hydrogen-bond donors (Lipinski definition) is 6. The summed E-state index contributed by atoms with van der Waals surface area (Å²) in [6, 6.07) is 3.29. The lowest BCUT2D eigenvalue weighted by Crippen LogP contribution is -2.47. The number of Topliss-reactive ketones (excluding diaryl/α,β-unsaturated/α-hetero) is 1. The second-order valence-corrected chi connectivity index (χ2v) is 18.6. The number of aromatic hydroxyl groups is 2. The third kappa shape index (κ3) is 8.69. The maximum absolute atomic E-state index is 14.8. The van der Waals surface area contributed by atoms with Gasteiger partial charge in [-0.3, -0.25) is 19.3 Å². The van der Waals surface area contributed by atoms with Gasteiger partial charge < -0.3 is 54.4 Å². The molecule has 4 heterocycles. The van der Waals surface area contributed by atoms with E-state index in [1.807, 2.05) is 0 Å². The first-order valence-electron chi connectivity index (χ1n) is 22.3. The predicted molar refractivity (Wildman–Crippen MR) is 247 cm³/mol. The number of nitrogens with zero attached hydrogens (tertiary/aromatic N) is 3. The Balaban J connectivity index is 1.43. The molecule has 2 aromatic rings. The third-order valence-electron chi connectivity index (χ3n) is 13.5. The van der Waals surface area contributed by atoms with E-state index >= 15 is 0 Å². The number of ether oxygens (including phenoxy) is 3. The number of phenolic OH excluding ortho intramolecular Hbond substituents is 2. The van der Waals surface area contributed by atoms with Gasteiger partial charge in [0.2, 0.25) is 5.43 Å². The lowest BCUT2D eigenvalue weighted by molar-refractivity contribution is -0.112. The number of aromatic nitrogens is 1. The molecular formula is C49H62N4O12. The van der Waals surface area contributed by atoms with Gasteiger partial charge >= 0.3 is 5.79 Å². The number of fused-ring (bicyclic) bond motifs is 2. The van der Waals surface area contributed by atoms with E-state index in [4.69, 9.17) is 23.6 Å². The fraction of sp³-hybridized carbons (Fsp3) is 0.510. The topological polar surface area (TPSA) is 225 Å². The van der Waals surface area contributed by atoms with Crippen molar-refractivity contribution in [2.75, 3.05) is 50.1 Å². The van der Waals surface area contributed by atoms with Gasteiger partial charge in [-0.1, -0.05) is 59.8 Å². The molecule has 350 valence electrons. The van der Waals surface area contributed by atoms with Gasteiger partial charge in [-0.25, -0.2) is 4.98 Å². The van der Waals surface area contributed by atoms with Crippen LogP contribution in [0.15, 0.2) is 57.5 Å². The number of piperazine rings is 1. The Morgan fingerprint density at radius 3 is 2.25 bits per heavy atom. The Kier molecular flexibility index (Phi) is 13.4. The van der Waals surface area contributed by atoms with Gasteiger partial charge in [0.05, 0.1) is 41.6 Å². The van der Waals surface area contributed by atoms with Crippen LogP contribution < -0.4 is 20.4 Å². The number of rotatable bonds is 4. The third-order valence-corrected chi connectivity index (χ3v) is 13.5. The van der Waals surface area contributed by atoms with Crippen molar-refractivity contribution in [2.45, 2.75) is 92.5 Å². The number of aliphatic hydroxyl groups is 3. The molecule has 1 fully saturated rings. The Hall–Kier alpha value is -5.52. The standard InChI is InChI=1S/C49H62N4O12/c1-23(2)22-52-15-17-53(18-16-52)30-20-31(54)37-33(21-30)64-46-38(50-37)34-35-43(58)29(8)45-36(34)47(60)49(9,65-45)63-19-14-32(62-10)26(5)41(56)28(7)42(57)27(6)40(55)24(3)12-11-13-25(4)48(61)51-39(46)44(35)59/h11-14,19-21,23-24,26-28,32,40-42,54-58H,15-18,22H2,1-10H3,(H,51,61)/b12-11+,19-14+,25-13-/t24-,26+,27+,28-,32-,40-,41+,42+,49-/m0/s1. The van der Waals surface area contributed by atoms with Crippen LogP contribution in [0.2, 0.25) is 0 Å². The Labute approximate surface area is 378 Å². The number of ketones is 1. The van der Waals surface area contributed by atoms with E-state index in [1.165, 1.54) is 46.3 Å². The summed E-state index contributed by atoms with van der Waals surface area (Å²) in [5, 5.41) is 59.7. The maximum Gasteiger partial charge on any atom is 0.312 e. The summed E-state index contributed by atoms with van der Waals surface area (Å²) in [5.41, 5.74) is -0.547. The average Bonchev–Trinajstić information content (AvgIpc) is 3.54. The largest absolute Gasteiger partial charge is 0.507 e. The Morgan fingerprint density at radius 1 is 0.923 bits per heavy atom. The number of aliphatic hydroxyl groups excluding tert-OH is 3. The predicted octanol–water partition coefficient (Wildman–Crippen LogP) is 5.86. The molecule has 2 aromatic carbocycles. The highest BCUT2D eigenvalue weighted by molar-refractivity contribution is 6.22. The molecule has 4 bridgehead atoms. The number of nitrogens with one attached hydrogen (secondary N) is 1. The number of methoxy groups -OCH3 is 1. The zero-order valence-electron chi connectivity index (χ0n) is 38.7. The van der Waals surface area contributed by atoms with Gasteiger partial charge in [-0.15, -0.1) is 0 Å². The van der Waals surface area contributed by atoms with E-state index in [9.17, 15) is 39.9 Å². The Morgan fingerprint density at radius 2 is 1.58 bits per heavy atom. The van der Waals surface area contributed by atoms with Crippen molar-refractivity contribution in [3.05, 3.63) is 69.6 Å². The molecule has 4 aliphatic heterocycles. The normalized spacial score (nSPS) is 30.4. The van der Waals surface area contributed by atoms with Crippen molar-refractivity contribution >= 4 is 44.9 Å². The number of amides is 1. The summed E-state index contributed by atoms with van der Waals surface area (Å²) in [5.74, 6) is -6.54. The van der Waals surface area contributed by atoms with Crippen LogP contribution in [0.3, 0.4) is 0 Å². The number of carbonyl (C=O) groups excluding carboxylic acids is 2. The molecule has 6 N–H and O–H groups in total. The van der Waals surface area contributed by atoms with E-state index < -0.39 is 76.7 Å². The maximum atomic E-state index is 14.8. The quantitative estimate of drug-likeness (QED) is 0.104. The van der Waals surface area contributed by atoms with E-state index in [0.717, 1.165) is 19.6 Å². The zero-order chi connectivity index (χ0) is 47.4. The van der Waals surface area contributed by atoms with Crippen LogP contribution in [0.4, 0.5) is 11.4 Å². The van der Waals surface area contributed by atoms with Gasteiger partial charge in [0.25, 0.3) is 11.7 Å². The van der Waals surface area contributed by atoms with Gasteiger partial charge in [-0.2, -0.15) is 0 Å². The first-order valence-corrected chi connectivity index (χ1v) is 22.3. The fourth-order valence-corrected chi connectivity index (χ4v) is 9.37. The molecular weight excluding hydrogens is 837 g/mol. The SMILES string of the molecule is CO[C@H]1/C=C/O[C@@]2(C)Oc3c(C)c(O)c4c(=O)c(c5oc6cc(N7CCN(CC(C)C)CC7)cc(O)c6nc-5c4c3C2=O)NC(=O)/C(C)=C\C=C\[C@H](C)[C@H](O)[C@@H](C)[C@@H](O)[C@@H](C)[C@H](O)[C@@H]1C. The molecule has 1 saturated heterocycles. The number of anilines is 2. The van der Waals surface area contributed by atoms with Crippen LogP contribution in [0, 0.1) is 36.5 Å². The average molecular weight is 899 g/mol. The summed E-state index contributed by atoms with van der Waals surface area (Å²) >= 11 is 0. The molecule has 0 radical (unpaired) electrons. The molecule has 0 unspecified atom stereocenters. The minimum absolute atomic E-state index is 0.00259. The molecule has 1 amide bonds. The number of carbonyl (C=O) groups is 2. The van der Waals surface area contributed by atoms with Crippen LogP contribution in [-0.4, -0.2) is 117 Å². The summed E-state index contributed by atoms with van der Waals surface area (Å²) in [6.07, 6.45) is 3.41. The van der Waals surface area contributed by atoms with Gasteiger partial charge in [0, 0.05) is 105 Å². The molecule has 0 spiro atoms. The molecule has 7 rings (SSSR count). The molecule has 1 aliphatic carbocycles. The molecule has 0 saturated carbocycles. The van der Waals surface area contributed by atoms with Crippen LogP contribution in [0.1, 0.15) is 71.3 Å². The minimum Gasteiger partial charge on any atom is -0.507 e. The second kappa shape index (κ2) is 18.4. The van der Waals surface area contributed by atoms with Gasteiger partial charge in [0.15, 0.2) is 11.3 Å². The second-order valence-electron chi connectivity index (χ2n) is 18.6. The molecule has 9 atom stereocenters. The summed E-state index contributed by atoms with van der Waals surface area (Å²) in [4.78, 5) is 52.8. The van der Waals surface area contributed by atoms with E-state index in [0.29, 0.717) is 24.7 Å². The van der Waals surface area contributed by atoms with Crippen LogP contribution >= 0.6 is 0 Å². The number of allylic oxidation sites excluding steroid dienone is 2. The molecule has 65 heavy (non-hydrogen) atoms. The lowest BCUT2D eigenvalue weighted by Gasteiger charge is -2.36. The fourth-order valence-electron chi connectivity index (χ4n) is 9.37. The first kappa shape index (κ1) is 47.4. The van der Waals surface area contributed by atoms with Crippen LogP contribution in [0.5, 0.6) is 17.2 Å². The highest BCUT2D eigenvalue weighted by Crippen LogP contribution is 2.51. The Bertz CT molecular complexity index is 2610. The first-order chi connectivity index (χ1) is 30.7. The van der Waals surface area contributed by atoms with Crippen molar-refractivity contribution in [2.24, 2.45) is 29.6 Å². The van der Waals surface area contributed by atoms with Crippen molar-refractivity contribution < 1.29 is 53.7 Å². The van der Waals surface area contributed by atoms with E-state index in [2.05, 4.69) is 29.0 Å². The lowest BCUT2D eigenvalue weighted by atomic mass is 9.78. The van der Waals surface area contributed by atoms with Crippen molar-refractivity contribution in [1.29, 1.82) is 0 Å². The van der Waals surface area contributed by atoms with Crippen molar-refractivity contribution in [3.63, 3.8) is 0 Å². The van der Waals surface area contributed by atoms with E-state index in [1.54, 1.807) is 52.0 Å². The molecule has 5 aliphatic rings. The van der Waals surface area contributed by atoms with Crippen LogP contribution in [0.25, 0.3) is 33.3 Å². The summed E-state index contributed by atoms with van der Waals surface area (Å²) in [7, 11) is 1.44. The monoisotopic (exact) mass is 898 g/mol. The summed E-state index contributed by atoms with van der Waals surface area (Å²) in [6.45, 7) is 19.5. The highest BCUT2D eigenvalue weighted by atomic mass is 16.7. The van der Waals surface area contributed by atoms with Crippen LogP contribution in [-0.2, 0) is 14.3 Å². The smallest absolute Gasteiger partial charge is 0.312 e. The zero-order valence-corrected chi connectivity index (χ0v) is 38.7.